The summed E-state index contributed by atoms with van der Waals surface area (Å²) < 4.78 is 10.5. The predicted molar refractivity (Wildman–Crippen MR) is 87.7 cm³/mol. The third kappa shape index (κ3) is 4.83. The summed E-state index contributed by atoms with van der Waals surface area (Å²) in [5.41, 5.74) is 0.841. The minimum absolute atomic E-state index is 0.0432. The second-order valence-corrected chi connectivity index (χ2v) is 5.68. The van der Waals surface area contributed by atoms with E-state index in [2.05, 4.69) is 10.6 Å². The van der Waals surface area contributed by atoms with Gasteiger partial charge in [-0.05, 0) is 25.0 Å². The molecule has 0 bridgehead atoms. The molecule has 0 radical (unpaired) electrons. The molecule has 22 heavy (non-hydrogen) atoms. The molecule has 0 unspecified atom stereocenters. The molecule has 0 atom stereocenters. The van der Waals surface area contributed by atoms with Gasteiger partial charge in [0.2, 0.25) is 5.91 Å². The summed E-state index contributed by atoms with van der Waals surface area (Å²) in [7, 11) is 3.20. The molecule has 1 fully saturated rings. The van der Waals surface area contributed by atoms with Crippen LogP contribution in [0.15, 0.2) is 18.2 Å². The van der Waals surface area contributed by atoms with Crippen LogP contribution >= 0.6 is 0 Å². The number of rotatable bonds is 6. The zero-order valence-electron chi connectivity index (χ0n) is 13.5. The number of methoxy groups -OCH3 is 2. The van der Waals surface area contributed by atoms with Gasteiger partial charge in [-0.25, -0.2) is 0 Å². The molecule has 0 saturated heterocycles. The van der Waals surface area contributed by atoms with E-state index >= 15 is 0 Å². The molecule has 1 saturated carbocycles. The second kappa shape index (κ2) is 8.51. The lowest BCUT2D eigenvalue weighted by atomic mass is 10.1. The van der Waals surface area contributed by atoms with Crippen LogP contribution in [0, 0.1) is 0 Å². The minimum Gasteiger partial charge on any atom is -0.493 e. The van der Waals surface area contributed by atoms with Gasteiger partial charge in [0.15, 0.2) is 11.5 Å². The lowest BCUT2D eigenvalue weighted by molar-refractivity contribution is -0.120. The summed E-state index contributed by atoms with van der Waals surface area (Å²) >= 11 is 0. The first-order valence-electron chi connectivity index (χ1n) is 7.98. The van der Waals surface area contributed by atoms with Crippen molar-refractivity contribution in [1.82, 2.24) is 5.32 Å². The van der Waals surface area contributed by atoms with Crippen LogP contribution in [0.5, 0.6) is 11.5 Å². The van der Waals surface area contributed by atoms with Crippen LogP contribution in [0.1, 0.15) is 38.5 Å². The van der Waals surface area contributed by atoms with E-state index in [1.165, 1.54) is 25.7 Å². The summed E-state index contributed by atoms with van der Waals surface area (Å²) in [5.74, 6) is 1.37. The van der Waals surface area contributed by atoms with E-state index in [0.717, 1.165) is 18.5 Å². The zero-order valence-corrected chi connectivity index (χ0v) is 13.5. The van der Waals surface area contributed by atoms with Crippen LogP contribution in [0.4, 0.5) is 5.69 Å². The summed E-state index contributed by atoms with van der Waals surface area (Å²) in [6.07, 6.45) is 7.21. The van der Waals surface area contributed by atoms with Crippen molar-refractivity contribution in [2.75, 3.05) is 26.1 Å². The monoisotopic (exact) mass is 306 g/mol. The van der Waals surface area contributed by atoms with Crippen molar-refractivity contribution < 1.29 is 14.3 Å². The standard InChI is InChI=1S/C17H26N2O3/c1-21-15-10-9-14(11-16(15)22-2)18-12-17(20)19-13-7-5-3-4-6-8-13/h9-11,13,18H,3-8,12H2,1-2H3,(H,19,20). The Morgan fingerprint density at radius 2 is 1.77 bits per heavy atom. The molecule has 0 aromatic heterocycles. The molecule has 2 rings (SSSR count). The minimum atomic E-state index is 0.0432. The fourth-order valence-corrected chi connectivity index (χ4v) is 2.83. The van der Waals surface area contributed by atoms with Crippen LogP contribution in [-0.4, -0.2) is 32.7 Å². The summed E-state index contributed by atoms with van der Waals surface area (Å²) in [5, 5.41) is 6.25. The number of amides is 1. The molecule has 122 valence electrons. The lowest BCUT2D eigenvalue weighted by Gasteiger charge is -2.17. The van der Waals surface area contributed by atoms with Gasteiger partial charge in [0.1, 0.15) is 0 Å². The van der Waals surface area contributed by atoms with Crippen molar-refractivity contribution in [2.45, 2.75) is 44.6 Å². The van der Waals surface area contributed by atoms with Gasteiger partial charge in [0, 0.05) is 17.8 Å². The Morgan fingerprint density at radius 3 is 2.41 bits per heavy atom. The van der Waals surface area contributed by atoms with Crippen molar-refractivity contribution in [3.63, 3.8) is 0 Å². The molecule has 0 spiro atoms. The molecule has 5 heteroatoms. The fourth-order valence-electron chi connectivity index (χ4n) is 2.83. The molecule has 1 aliphatic rings. The molecule has 1 amide bonds. The first-order chi connectivity index (χ1) is 10.7. The number of hydrogen-bond acceptors (Lipinski definition) is 4. The highest BCUT2D eigenvalue weighted by atomic mass is 16.5. The van der Waals surface area contributed by atoms with Crippen molar-refractivity contribution in [3.05, 3.63) is 18.2 Å². The van der Waals surface area contributed by atoms with Gasteiger partial charge in [-0.3, -0.25) is 4.79 Å². The molecule has 1 aliphatic carbocycles. The highest BCUT2D eigenvalue weighted by Gasteiger charge is 2.14. The van der Waals surface area contributed by atoms with Crippen LogP contribution in [0.3, 0.4) is 0 Å². The zero-order chi connectivity index (χ0) is 15.8. The Hall–Kier alpha value is -1.91. The number of carbonyl (C=O) groups excluding carboxylic acids is 1. The number of benzene rings is 1. The van der Waals surface area contributed by atoms with Gasteiger partial charge < -0.3 is 20.1 Å². The van der Waals surface area contributed by atoms with Gasteiger partial charge in [0.05, 0.1) is 20.8 Å². The summed E-state index contributed by atoms with van der Waals surface area (Å²) in [4.78, 5) is 12.0. The van der Waals surface area contributed by atoms with Crippen LogP contribution < -0.4 is 20.1 Å². The highest BCUT2D eigenvalue weighted by molar-refractivity contribution is 5.81. The van der Waals surface area contributed by atoms with Crippen molar-refractivity contribution in [2.24, 2.45) is 0 Å². The van der Waals surface area contributed by atoms with Gasteiger partial charge in [-0.2, -0.15) is 0 Å². The van der Waals surface area contributed by atoms with E-state index in [1.54, 1.807) is 14.2 Å². The van der Waals surface area contributed by atoms with E-state index in [0.29, 0.717) is 17.5 Å². The Bertz CT molecular complexity index is 483. The van der Waals surface area contributed by atoms with E-state index in [9.17, 15) is 4.79 Å². The molecule has 0 heterocycles. The van der Waals surface area contributed by atoms with E-state index in [-0.39, 0.29) is 12.5 Å². The molecule has 1 aromatic rings. The first-order valence-corrected chi connectivity index (χ1v) is 7.98. The maximum absolute atomic E-state index is 12.0. The first kappa shape index (κ1) is 16.5. The van der Waals surface area contributed by atoms with Crippen molar-refractivity contribution in [1.29, 1.82) is 0 Å². The topological polar surface area (TPSA) is 59.6 Å². The molecule has 1 aromatic carbocycles. The van der Waals surface area contributed by atoms with Gasteiger partial charge >= 0.3 is 0 Å². The Labute approximate surface area is 132 Å². The van der Waals surface area contributed by atoms with Crippen molar-refractivity contribution >= 4 is 11.6 Å². The molecular weight excluding hydrogens is 280 g/mol. The smallest absolute Gasteiger partial charge is 0.239 e. The van der Waals surface area contributed by atoms with Gasteiger partial charge in [-0.1, -0.05) is 25.7 Å². The summed E-state index contributed by atoms with van der Waals surface area (Å²) in [6.45, 7) is 0.270. The average molecular weight is 306 g/mol. The molecular formula is C17H26N2O3. The molecule has 0 aliphatic heterocycles. The third-order valence-corrected chi connectivity index (χ3v) is 4.06. The van der Waals surface area contributed by atoms with E-state index in [4.69, 9.17) is 9.47 Å². The second-order valence-electron chi connectivity index (χ2n) is 5.68. The van der Waals surface area contributed by atoms with Crippen LogP contribution in [0.2, 0.25) is 0 Å². The largest absolute Gasteiger partial charge is 0.493 e. The van der Waals surface area contributed by atoms with Crippen LogP contribution in [0.25, 0.3) is 0 Å². The van der Waals surface area contributed by atoms with Crippen LogP contribution in [-0.2, 0) is 4.79 Å². The molecule has 5 nitrogen and oxygen atoms in total. The Morgan fingerprint density at radius 1 is 1.09 bits per heavy atom. The quantitative estimate of drug-likeness (QED) is 0.793. The maximum Gasteiger partial charge on any atom is 0.239 e. The fraction of sp³-hybridized carbons (Fsp3) is 0.588. The van der Waals surface area contributed by atoms with Gasteiger partial charge in [-0.15, -0.1) is 0 Å². The maximum atomic E-state index is 12.0. The van der Waals surface area contributed by atoms with Crippen molar-refractivity contribution in [3.8, 4) is 11.5 Å². The average Bonchev–Trinajstić information content (AvgIpc) is 2.81. The SMILES string of the molecule is COc1ccc(NCC(=O)NC2CCCCCC2)cc1OC. The van der Waals surface area contributed by atoms with Gasteiger partial charge in [0.25, 0.3) is 0 Å². The predicted octanol–water partition coefficient (Wildman–Crippen LogP) is 2.95. The normalized spacial score (nSPS) is 15.7. The van der Waals surface area contributed by atoms with E-state index in [1.807, 2.05) is 18.2 Å². The summed E-state index contributed by atoms with van der Waals surface area (Å²) in [6, 6.07) is 5.87. The number of hydrogen-bond donors (Lipinski definition) is 2. The Kier molecular flexibility index (Phi) is 6.37. The lowest BCUT2D eigenvalue weighted by Crippen LogP contribution is -2.38. The highest BCUT2D eigenvalue weighted by Crippen LogP contribution is 2.29. The Balaban J connectivity index is 1.82. The van der Waals surface area contributed by atoms with E-state index < -0.39 is 0 Å². The number of carbonyl (C=O) groups is 1. The third-order valence-electron chi connectivity index (χ3n) is 4.06. The molecule has 2 N–H and O–H groups in total. The number of ether oxygens (including phenoxy) is 2. The number of nitrogens with one attached hydrogen (secondary N) is 2. The number of anilines is 1.